The number of carbonyl (C=O) groups is 1. The van der Waals surface area contributed by atoms with Gasteiger partial charge >= 0.3 is 5.97 Å². The molecular weight excluding hydrogens is 232 g/mol. The molecule has 1 fully saturated rings. The van der Waals surface area contributed by atoms with Crippen molar-refractivity contribution in [2.45, 2.75) is 19.9 Å². The van der Waals surface area contributed by atoms with Crippen molar-refractivity contribution in [1.82, 2.24) is 9.80 Å². The van der Waals surface area contributed by atoms with E-state index >= 15 is 0 Å². The second-order valence-electron chi connectivity index (χ2n) is 4.67. The largest absolute Gasteiger partial charge is 0.480 e. The maximum atomic E-state index is 10.6. The third-order valence-electron chi connectivity index (χ3n) is 3.27. The lowest BCUT2D eigenvalue weighted by atomic mass is 10.3. The van der Waals surface area contributed by atoms with Gasteiger partial charge in [-0.25, -0.2) is 0 Å². The van der Waals surface area contributed by atoms with Crippen molar-refractivity contribution in [3.63, 3.8) is 0 Å². The second kappa shape index (κ2) is 6.02. The highest BCUT2D eigenvalue weighted by Crippen LogP contribution is 2.12. The summed E-state index contributed by atoms with van der Waals surface area (Å²) in [4.78, 5) is 14.9. The average molecular weight is 252 g/mol. The zero-order valence-electron chi connectivity index (χ0n) is 10.8. The molecule has 0 unspecified atom stereocenters. The predicted octanol–water partition coefficient (Wildman–Crippen LogP) is 1.04. The summed E-state index contributed by atoms with van der Waals surface area (Å²) < 4.78 is 5.68. The van der Waals surface area contributed by atoms with Crippen LogP contribution in [0, 0.1) is 0 Å². The minimum absolute atomic E-state index is 0.147. The molecule has 0 aromatic carbocycles. The fourth-order valence-corrected chi connectivity index (χ4v) is 2.21. The van der Waals surface area contributed by atoms with Gasteiger partial charge in [0, 0.05) is 32.6 Å². The minimum atomic E-state index is -0.748. The summed E-state index contributed by atoms with van der Waals surface area (Å²) in [5.74, 6) is 1.27. The molecule has 2 heterocycles. The third-order valence-corrected chi connectivity index (χ3v) is 3.27. The van der Waals surface area contributed by atoms with E-state index in [4.69, 9.17) is 9.52 Å². The number of nitrogens with zero attached hydrogens (tertiary/aromatic N) is 2. The van der Waals surface area contributed by atoms with E-state index in [0.29, 0.717) is 0 Å². The molecule has 1 aromatic heterocycles. The molecule has 0 radical (unpaired) electrons. The van der Waals surface area contributed by atoms with Crippen LogP contribution >= 0.6 is 0 Å². The summed E-state index contributed by atoms with van der Waals surface area (Å²) in [7, 11) is 0. The molecule has 1 saturated heterocycles. The Labute approximate surface area is 107 Å². The number of aliphatic carboxylic acids is 1. The van der Waals surface area contributed by atoms with Gasteiger partial charge in [0.15, 0.2) is 0 Å². The van der Waals surface area contributed by atoms with Gasteiger partial charge in [0.1, 0.15) is 11.5 Å². The Balaban J connectivity index is 1.78. The van der Waals surface area contributed by atoms with Gasteiger partial charge in [-0.2, -0.15) is 0 Å². The molecule has 2 rings (SSSR count). The molecule has 1 aromatic rings. The normalized spacial score (nSPS) is 18.1. The van der Waals surface area contributed by atoms with Crippen molar-refractivity contribution in [2.24, 2.45) is 0 Å². The number of carboxylic acids is 1. The summed E-state index contributed by atoms with van der Waals surface area (Å²) in [5, 5.41) is 8.73. The van der Waals surface area contributed by atoms with Gasteiger partial charge in [0.2, 0.25) is 0 Å². The number of carboxylic acid groups (broad SMARTS) is 1. The number of aryl methyl sites for hydroxylation is 1. The Hall–Kier alpha value is -1.33. The SMILES string of the molecule is CCc1ccc(CN2CCN(CC(=O)O)CC2)o1. The van der Waals surface area contributed by atoms with Crippen molar-refractivity contribution in [1.29, 1.82) is 0 Å². The molecular formula is C13H20N2O3. The van der Waals surface area contributed by atoms with Crippen molar-refractivity contribution in [3.05, 3.63) is 23.7 Å². The molecule has 0 amide bonds. The summed E-state index contributed by atoms with van der Waals surface area (Å²) in [6, 6.07) is 4.05. The molecule has 0 bridgehead atoms. The molecule has 0 spiro atoms. The molecule has 0 saturated carbocycles. The monoisotopic (exact) mass is 252 g/mol. The van der Waals surface area contributed by atoms with Crippen LogP contribution in [0.1, 0.15) is 18.4 Å². The zero-order valence-corrected chi connectivity index (χ0v) is 10.8. The highest BCUT2D eigenvalue weighted by atomic mass is 16.4. The first-order chi connectivity index (χ1) is 8.67. The Morgan fingerprint density at radius 2 is 1.83 bits per heavy atom. The van der Waals surface area contributed by atoms with Gasteiger partial charge in [-0.3, -0.25) is 14.6 Å². The molecule has 100 valence electrons. The lowest BCUT2D eigenvalue weighted by Crippen LogP contribution is -2.47. The Morgan fingerprint density at radius 3 is 2.39 bits per heavy atom. The van der Waals surface area contributed by atoms with E-state index < -0.39 is 5.97 Å². The maximum absolute atomic E-state index is 10.6. The van der Waals surface area contributed by atoms with Crippen molar-refractivity contribution >= 4 is 5.97 Å². The van der Waals surface area contributed by atoms with Crippen LogP contribution in [0.4, 0.5) is 0 Å². The van der Waals surface area contributed by atoms with Gasteiger partial charge in [0.25, 0.3) is 0 Å². The Kier molecular flexibility index (Phi) is 4.38. The first kappa shape index (κ1) is 13.1. The van der Waals surface area contributed by atoms with E-state index in [-0.39, 0.29) is 6.54 Å². The van der Waals surface area contributed by atoms with E-state index in [2.05, 4.69) is 11.8 Å². The molecule has 1 N–H and O–H groups in total. The number of furan rings is 1. The summed E-state index contributed by atoms with van der Waals surface area (Å²) in [6.45, 7) is 6.47. The van der Waals surface area contributed by atoms with Crippen LogP contribution in [-0.2, 0) is 17.8 Å². The Morgan fingerprint density at radius 1 is 1.22 bits per heavy atom. The fraction of sp³-hybridized carbons (Fsp3) is 0.615. The third kappa shape index (κ3) is 3.58. The Bertz CT molecular complexity index is 395. The number of hydrogen-bond acceptors (Lipinski definition) is 4. The molecule has 1 aliphatic heterocycles. The standard InChI is InChI=1S/C13H20N2O3/c1-2-11-3-4-12(18-11)9-14-5-7-15(8-6-14)10-13(16)17/h3-4H,2,5-10H2,1H3,(H,16,17). The quantitative estimate of drug-likeness (QED) is 0.848. The number of hydrogen-bond donors (Lipinski definition) is 1. The van der Waals surface area contributed by atoms with Crippen molar-refractivity contribution in [3.8, 4) is 0 Å². The lowest BCUT2D eigenvalue weighted by Gasteiger charge is -2.33. The smallest absolute Gasteiger partial charge is 0.317 e. The van der Waals surface area contributed by atoms with E-state index in [1.165, 1.54) is 0 Å². The molecule has 0 aliphatic carbocycles. The summed E-state index contributed by atoms with van der Waals surface area (Å²) in [6.07, 6.45) is 0.923. The zero-order chi connectivity index (χ0) is 13.0. The van der Waals surface area contributed by atoms with E-state index in [1.54, 1.807) is 0 Å². The van der Waals surface area contributed by atoms with Gasteiger partial charge in [-0.15, -0.1) is 0 Å². The van der Waals surface area contributed by atoms with Crippen LogP contribution in [0.5, 0.6) is 0 Å². The van der Waals surface area contributed by atoms with Crippen LogP contribution in [0.3, 0.4) is 0 Å². The first-order valence-corrected chi connectivity index (χ1v) is 6.41. The van der Waals surface area contributed by atoms with Crippen LogP contribution in [0.15, 0.2) is 16.5 Å². The lowest BCUT2D eigenvalue weighted by molar-refractivity contribution is -0.138. The highest BCUT2D eigenvalue weighted by Gasteiger charge is 2.19. The van der Waals surface area contributed by atoms with Crippen LogP contribution < -0.4 is 0 Å². The van der Waals surface area contributed by atoms with Crippen LogP contribution in [-0.4, -0.2) is 53.6 Å². The fourth-order valence-electron chi connectivity index (χ4n) is 2.21. The molecule has 5 nitrogen and oxygen atoms in total. The highest BCUT2D eigenvalue weighted by molar-refractivity contribution is 5.69. The topological polar surface area (TPSA) is 56.9 Å². The van der Waals surface area contributed by atoms with Gasteiger partial charge in [-0.1, -0.05) is 6.92 Å². The molecule has 18 heavy (non-hydrogen) atoms. The van der Waals surface area contributed by atoms with Gasteiger partial charge in [-0.05, 0) is 12.1 Å². The molecule has 1 aliphatic rings. The first-order valence-electron chi connectivity index (χ1n) is 6.41. The second-order valence-corrected chi connectivity index (χ2v) is 4.67. The maximum Gasteiger partial charge on any atom is 0.317 e. The van der Waals surface area contributed by atoms with Crippen molar-refractivity contribution in [2.75, 3.05) is 32.7 Å². The average Bonchev–Trinajstić information content (AvgIpc) is 2.79. The van der Waals surface area contributed by atoms with E-state index in [9.17, 15) is 4.79 Å². The van der Waals surface area contributed by atoms with E-state index in [0.717, 1.165) is 50.7 Å². The van der Waals surface area contributed by atoms with Gasteiger partial charge < -0.3 is 9.52 Å². The molecule has 5 heteroatoms. The minimum Gasteiger partial charge on any atom is -0.480 e. The summed E-state index contributed by atoms with van der Waals surface area (Å²) >= 11 is 0. The van der Waals surface area contributed by atoms with Crippen molar-refractivity contribution < 1.29 is 14.3 Å². The predicted molar refractivity (Wildman–Crippen MR) is 67.4 cm³/mol. The van der Waals surface area contributed by atoms with Crippen LogP contribution in [0.2, 0.25) is 0 Å². The van der Waals surface area contributed by atoms with E-state index in [1.807, 2.05) is 17.0 Å². The number of rotatable bonds is 5. The summed E-state index contributed by atoms with van der Waals surface area (Å²) in [5.41, 5.74) is 0. The number of piperazine rings is 1. The van der Waals surface area contributed by atoms with Crippen LogP contribution in [0.25, 0.3) is 0 Å². The van der Waals surface area contributed by atoms with Gasteiger partial charge in [0.05, 0.1) is 13.1 Å². The molecule has 0 atom stereocenters.